The molecule has 0 heterocycles. The van der Waals surface area contributed by atoms with Crippen LogP contribution in [0.15, 0.2) is 18.2 Å². The third-order valence-electron chi connectivity index (χ3n) is 2.93. The minimum atomic E-state index is -0.521. The SMILES string of the molecule is CCCCCCC(O)c1cc(F)ccc1C. The van der Waals surface area contributed by atoms with Gasteiger partial charge in [0.2, 0.25) is 0 Å². The van der Waals surface area contributed by atoms with Gasteiger partial charge in [-0.05, 0) is 36.6 Å². The molecule has 1 aromatic carbocycles. The molecule has 1 atom stereocenters. The molecule has 0 aliphatic rings. The molecule has 1 aromatic rings. The Bertz CT molecular complexity index is 323. The van der Waals surface area contributed by atoms with E-state index in [0.717, 1.165) is 30.4 Å². The number of halogens is 1. The summed E-state index contributed by atoms with van der Waals surface area (Å²) in [6.45, 7) is 4.07. The number of aliphatic hydroxyl groups excluding tert-OH is 1. The summed E-state index contributed by atoms with van der Waals surface area (Å²) in [4.78, 5) is 0. The van der Waals surface area contributed by atoms with Crippen molar-refractivity contribution in [2.75, 3.05) is 0 Å². The Labute approximate surface area is 97.3 Å². The van der Waals surface area contributed by atoms with Crippen molar-refractivity contribution < 1.29 is 9.50 Å². The van der Waals surface area contributed by atoms with Crippen molar-refractivity contribution in [3.63, 3.8) is 0 Å². The molecule has 2 heteroatoms. The van der Waals surface area contributed by atoms with Crippen molar-refractivity contribution in [3.05, 3.63) is 35.1 Å². The largest absolute Gasteiger partial charge is 0.388 e. The van der Waals surface area contributed by atoms with Gasteiger partial charge in [0.1, 0.15) is 5.82 Å². The average Bonchev–Trinajstić information content (AvgIpc) is 2.27. The highest BCUT2D eigenvalue weighted by atomic mass is 19.1. The fourth-order valence-corrected chi connectivity index (χ4v) is 1.89. The van der Waals surface area contributed by atoms with Crippen molar-refractivity contribution in [2.45, 2.75) is 52.1 Å². The second-order valence-electron chi connectivity index (χ2n) is 4.37. The van der Waals surface area contributed by atoms with Gasteiger partial charge in [0.25, 0.3) is 0 Å². The first-order valence-electron chi connectivity index (χ1n) is 6.09. The number of rotatable bonds is 6. The fraction of sp³-hybridized carbons (Fsp3) is 0.571. The zero-order valence-electron chi connectivity index (χ0n) is 10.2. The number of hydrogen-bond donors (Lipinski definition) is 1. The molecule has 0 saturated carbocycles. The van der Waals surface area contributed by atoms with E-state index in [2.05, 4.69) is 6.92 Å². The van der Waals surface area contributed by atoms with Crippen LogP contribution in [0.1, 0.15) is 56.3 Å². The third kappa shape index (κ3) is 3.93. The van der Waals surface area contributed by atoms with Crippen molar-refractivity contribution in [1.29, 1.82) is 0 Å². The summed E-state index contributed by atoms with van der Waals surface area (Å²) < 4.78 is 13.0. The molecule has 0 bridgehead atoms. The van der Waals surface area contributed by atoms with Crippen LogP contribution in [-0.4, -0.2) is 5.11 Å². The lowest BCUT2D eigenvalue weighted by Gasteiger charge is -2.13. The molecule has 0 saturated heterocycles. The summed E-state index contributed by atoms with van der Waals surface area (Å²) in [5, 5.41) is 9.96. The number of unbranched alkanes of at least 4 members (excludes halogenated alkanes) is 3. The summed E-state index contributed by atoms with van der Waals surface area (Å²) in [5.41, 5.74) is 1.70. The Morgan fingerprint density at radius 2 is 2.00 bits per heavy atom. The highest BCUT2D eigenvalue weighted by Crippen LogP contribution is 2.23. The quantitative estimate of drug-likeness (QED) is 0.720. The van der Waals surface area contributed by atoms with Gasteiger partial charge < -0.3 is 5.11 Å². The van der Waals surface area contributed by atoms with E-state index in [1.165, 1.54) is 25.0 Å². The normalized spacial score (nSPS) is 12.8. The molecule has 0 aromatic heterocycles. The summed E-state index contributed by atoms with van der Waals surface area (Å²) >= 11 is 0. The van der Waals surface area contributed by atoms with Crippen LogP contribution in [0.2, 0.25) is 0 Å². The molecule has 90 valence electrons. The van der Waals surface area contributed by atoms with Crippen LogP contribution in [0.3, 0.4) is 0 Å². The van der Waals surface area contributed by atoms with Crippen LogP contribution in [0.4, 0.5) is 4.39 Å². The molecule has 16 heavy (non-hydrogen) atoms. The fourth-order valence-electron chi connectivity index (χ4n) is 1.89. The van der Waals surface area contributed by atoms with Gasteiger partial charge in [-0.15, -0.1) is 0 Å². The predicted molar refractivity (Wildman–Crippen MR) is 64.9 cm³/mol. The van der Waals surface area contributed by atoms with E-state index in [9.17, 15) is 9.50 Å². The molecule has 0 aliphatic heterocycles. The highest BCUT2D eigenvalue weighted by Gasteiger charge is 2.10. The minimum absolute atomic E-state index is 0.270. The van der Waals surface area contributed by atoms with E-state index in [-0.39, 0.29) is 5.82 Å². The molecule has 0 amide bonds. The zero-order chi connectivity index (χ0) is 12.0. The first-order valence-corrected chi connectivity index (χ1v) is 6.09. The summed E-state index contributed by atoms with van der Waals surface area (Å²) in [6.07, 6.45) is 4.74. The Morgan fingerprint density at radius 3 is 2.69 bits per heavy atom. The van der Waals surface area contributed by atoms with Crippen LogP contribution in [-0.2, 0) is 0 Å². The molecule has 0 fully saturated rings. The highest BCUT2D eigenvalue weighted by molar-refractivity contribution is 5.28. The van der Waals surface area contributed by atoms with Crippen LogP contribution >= 0.6 is 0 Å². The summed E-state index contributed by atoms with van der Waals surface area (Å²) in [5.74, 6) is -0.270. The number of benzene rings is 1. The lowest BCUT2D eigenvalue weighted by Crippen LogP contribution is -2.00. The zero-order valence-corrected chi connectivity index (χ0v) is 10.2. The topological polar surface area (TPSA) is 20.2 Å². The van der Waals surface area contributed by atoms with E-state index < -0.39 is 6.10 Å². The maximum absolute atomic E-state index is 13.0. The third-order valence-corrected chi connectivity index (χ3v) is 2.93. The van der Waals surface area contributed by atoms with E-state index in [1.54, 1.807) is 6.07 Å². The van der Waals surface area contributed by atoms with Crippen molar-refractivity contribution >= 4 is 0 Å². The van der Waals surface area contributed by atoms with Gasteiger partial charge in [-0.25, -0.2) is 4.39 Å². The van der Waals surface area contributed by atoms with Crippen molar-refractivity contribution in [3.8, 4) is 0 Å². The maximum Gasteiger partial charge on any atom is 0.123 e. The van der Waals surface area contributed by atoms with Crippen LogP contribution in [0.25, 0.3) is 0 Å². The first-order chi connectivity index (χ1) is 7.65. The molecule has 0 radical (unpaired) electrons. The van der Waals surface area contributed by atoms with Gasteiger partial charge in [0.05, 0.1) is 6.10 Å². The molecule has 1 N–H and O–H groups in total. The Hall–Kier alpha value is -0.890. The van der Waals surface area contributed by atoms with Gasteiger partial charge in [0, 0.05) is 0 Å². The maximum atomic E-state index is 13.0. The number of aryl methyl sites for hydroxylation is 1. The van der Waals surface area contributed by atoms with E-state index in [4.69, 9.17) is 0 Å². The van der Waals surface area contributed by atoms with E-state index >= 15 is 0 Å². The van der Waals surface area contributed by atoms with Gasteiger partial charge in [-0.2, -0.15) is 0 Å². The lowest BCUT2D eigenvalue weighted by molar-refractivity contribution is 0.162. The first kappa shape index (κ1) is 13.2. The molecule has 1 nitrogen and oxygen atoms in total. The Morgan fingerprint density at radius 1 is 1.25 bits per heavy atom. The second kappa shape index (κ2) is 6.64. The summed E-state index contributed by atoms with van der Waals surface area (Å²) in [7, 11) is 0. The van der Waals surface area contributed by atoms with Crippen molar-refractivity contribution in [1.82, 2.24) is 0 Å². The van der Waals surface area contributed by atoms with Crippen LogP contribution in [0, 0.1) is 12.7 Å². The Kier molecular flexibility index (Phi) is 5.47. The number of hydrogen-bond acceptors (Lipinski definition) is 1. The van der Waals surface area contributed by atoms with Gasteiger partial charge in [0.15, 0.2) is 0 Å². The standard InChI is InChI=1S/C14H21FO/c1-3-4-5-6-7-14(16)13-10-12(15)9-8-11(13)2/h8-10,14,16H,3-7H2,1-2H3. The van der Waals surface area contributed by atoms with Gasteiger partial charge in [-0.3, -0.25) is 0 Å². The predicted octanol–water partition coefficient (Wildman–Crippen LogP) is 4.14. The van der Waals surface area contributed by atoms with Gasteiger partial charge in [-0.1, -0.05) is 38.7 Å². The summed E-state index contributed by atoms with van der Waals surface area (Å²) in [6, 6.07) is 4.60. The molecule has 0 aliphatic carbocycles. The molecular weight excluding hydrogens is 203 g/mol. The smallest absolute Gasteiger partial charge is 0.123 e. The average molecular weight is 224 g/mol. The van der Waals surface area contributed by atoms with E-state index in [1.807, 2.05) is 6.92 Å². The Balaban J connectivity index is 2.51. The molecule has 1 unspecified atom stereocenters. The second-order valence-corrected chi connectivity index (χ2v) is 4.37. The van der Waals surface area contributed by atoms with Gasteiger partial charge >= 0.3 is 0 Å². The molecule has 0 spiro atoms. The minimum Gasteiger partial charge on any atom is -0.388 e. The van der Waals surface area contributed by atoms with Crippen LogP contribution in [0.5, 0.6) is 0 Å². The van der Waals surface area contributed by atoms with Crippen LogP contribution < -0.4 is 0 Å². The van der Waals surface area contributed by atoms with E-state index in [0.29, 0.717) is 0 Å². The lowest BCUT2D eigenvalue weighted by atomic mass is 9.98. The molecule has 1 rings (SSSR count). The number of aliphatic hydroxyl groups is 1. The molecular formula is C14H21FO. The monoisotopic (exact) mass is 224 g/mol. The van der Waals surface area contributed by atoms with Crippen molar-refractivity contribution in [2.24, 2.45) is 0 Å².